The van der Waals surface area contributed by atoms with Gasteiger partial charge in [-0.05, 0) is 5.21 Å². The average molecular weight is 240 g/mol. The number of morpholine rings is 1. The predicted octanol–water partition coefficient (Wildman–Crippen LogP) is -2.21. The van der Waals surface area contributed by atoms with Gasteiger partial charge in [0.15, 0.2) is 0 Å². The van der Waals surface area contributed by atoms with Gasteiger partial charge < -0.3 is 15.0 Å². The summed E-state index contributed by atoms with van der Waals surface area (Å²) in [6.07, 6.45) is 0. The van der Waals surface area contributed by atoms with Crippen LogP contribution >= 0.6 is 0 Å². The highest BCUT2D eigenvalue weighted by atomic mass is 16.5. The van der Waals surface area contributed by atoms with Crippen LogP contribution in [0, 0.1) is 0 Å². The minimum atomic E-state index is -0.653. The smallest absolute Gasteiger partial charge is 0.296 e. The molecule has 1 saturated heterocycles. The normalized spacial score (nSPS) is 20.1. The van der Waals surface area contributed by atoms with E-state index in [-0.39, 0.29) is 18.3 Å². The van der Waals surface area contributed by atoms with Crippen molar-refractivity contribution in [1.82, 2.24) is 30.8 Å². The fraction of sp³-hybridized carbons (Fsp3) is 0.625. The number of carbonyl (C=O) groups excluding carboxylic acids is 2. The lowest BCUT2D eigenvalue weighted by Crippen LogP contribution is -2.55. The number of ether oxygens (including phenoxy) is 1. The molecule has 1 aliphatic heterocycles. The summed E-state index contributed by atoms with van der Waals surface area (Å²) in [7, 11) is 1.51. The summed E-state index contributed by atoms with van der Waals surface area (Å²) < 4.78 is 5.18. The van der Waals surface area contributed by atoms with Gasteiger partial charge in [0.05, 0.1) is 13.2 Å². The lowest BCUT2D eigenvalue weighted by Gasteiger charge is -2.33. The fourth-order valence-electron chi connectivity index (χ4n) is 1.61. The number of H-pyrrole nitrogens is 1. The lowest BCUT2D eigenvalue weighted by atomic mass is 10.2. The van der Waals surface area contributed by atoms with Gasteiger partial charge in [0.2, 0.25) is 5.91 Å². The van der Waals surface area contributed by atoms with E-state index in [2.05, 4.69) is 25.9 Å². The van der Waals surface area contributed by atoms with Crippen molar-refractivity contribution in [1.29, 1.82) is 0 Å². The van der Waals surface area contributed by atoms with Crippen molar-refractivity contribution in [3.63, 3.8) is 0 Å². The second kappa shape index (κ2) is 4.87. The van der Waals surface area contributed by atoms with Crippen LogP contribution in [0.2, 0.25) is 0 Å². The quantitative estimate of drug-likeness (QED) is 0.605. The van der Waals surface area contributed by atoms with E-state index in [1.165, 1.54) is 11.9 Å². The molecular weight excluding hydrogens is 228 g/mol. The van der Waals surface area contributed by atoms with E-state index < -0.39 is 11.9 Å². The van der Waals surface area contributed by atoms with Gasteiger partial charge in [-0.3, -0.25) is 9.59 Å². The Morgan fingerprint density at radius 2 is 2.41 bits per heavy atom. The van der Waals surface area contributed by atoms with Crippen LogP contribution < -0.4 is 5.32 Å². The highest BCUT2D eigenvalue weighted by Crippen LogP contribution is 2.09. The summed E-state index contributed by atoms with van der Waals surface area (Å²) in [5.74, 6) is -0.766. The van der Waals surface area contributed by atoms with E-state index in [0.29, 0.717) is 13.2 Å². The summed E-state index contributed by atoms with van der Waals surface area (Å²) in [6, 6.07) is -0.653. The number of amides is 2. The third-order valence-corrected chi connectivity index (χ3v) is 2.48. The number of rotatable bonds is 2. The third kappa shape index (κ3) is 2.23. The summed E-state index contributed by atoms with van der Waals surface area (Å²) in [4.78, 5) is 25.0. The summed E-state index contributed by atoms with van der Waals surface area (Å²) in [5.41, 5.74) is 0. The summed E-state index contributed by atoms with van der Waals surface area (Å²) >= 11 is 0. The monoisotopic (exact) mass is 240 g/mol. The Morgan fingerprint density at radius 3 is 3.06 bits per heavy atom. The van der Waals surface area contributed by atoms with Crippen LogP contribution in [0.15, 0.2) is 0 Å². The second-order valence-electron chi connectivity index (χ2n) is 3.44. The first-order chi connectivity index (χ1) is 8.24. The van der Waals surface area contributed by atoms with Crippen molar-refractivity contribution in [2.75, 3.05) is 26.8 Å². The van der Waals surface area contributed by atoms with Crippen LogP contribution in [0.5, 0.6) is 0 Å². The molecule has 0 saturated carbocycles. The molecule has 92 valence electrons. The number of nitrogens with one attached hydrogen (secondary N) is 2. The van der Waals surface area contributed by atoms with Gasteiger partial charge in [0, 0.05) is 13.6 Å². The van der Waals surface area contributed by atoms with E-state index >= 15 is 0 Å². The van der Waals surface area contributed by atoms with Gasteiger partial charge >= 0.3 is 0 Å². The van der Waals surface area contributed by atoms with Crippen LogP contribution in [-0.2, 0) is 9.53 Å². The molecule has 1 fully saturated rings. The highest BCUT2D eigenvalue weighted by molar-refractivity contribution is 5.94. The molecule has 1 aromatic rings. The molecular formula is C8H12N6O3. The zero-order valence-electron chi connectivity index (χ0n) is 9.21. The number of nitrogens with zero attached hydrogens (tertiary/aromatic N) is 4. The maximum Gasteiger partial charge on any atom is 0.296 e. The van der Waals surface area contributed by atoms with Gasteiger partial charge in [0.1, 0.15) is 6.04 Å². The van der Waals surface area contributed by atoms with Crippen molar-refractivity contribution in [2.24, 2.45) is 0 Å². The van der Waals surface area contributed by atoms with Gasteiger partial charge in [-0.15, -0.1) is 10.2 Å². The number of tetrazole rings is 1. The summed E-state index contributed by atoms with van der Waals surface area (Å²) in [6.45, 7) is 0.881. The van der Waals surface area contributed by atoms with Crippen LogP contribution in [-0.4, -0.2) is 70.2 Å². The van der Waals surface area contributed by atoms with Crippen LogP contribution in [0.1, 0.15) is 10.6 Å². The topological polar surface area (TPSA) is 113 Å². The predicted molar refractivity (Wildman–Crippen MR) is 53.9 cm³/mol. The minimum Gasteiger partial charge on any atom is -0.377 e. The minimum absolute atomic E-state index is 0.0548. The Morgan fingerprint density at radius 1 is 1.59 bits per heavy atom. The van der Waals surface area contributed by atoms with Crippen LogP contribution in [0.4, 0.5) is 0 Å². The van der Waals surface area contributed by atoms with E-state index in [1.807, 2.05) is 0 Å². The molecule has 1 unspecified atom stereocenters. The van der Waals surface area contributed by atoms with Crippen molar-refractivity contribution in [2.45, 2.75) is 6.04 Å². The van der Waals surface area contributed by atoms with E-state index in [4.69, 9.17) is 4.74 Å². The number of likely N-dealkylation sites (N-methyl/N-ethyl adjacent to an activating group) is 1. The first-order valence-electron chi connectivity index (χ1n) is 5.07. The number of carbonyl (C=O) groups is 2. The molecule has 1 aromatic heterocycles. The van der Waals surface area contributed by atoms with Crippen molar-refractivity contribution in [3.8, 4) is 0 Å². The molecule has 9 heteroatoms. The second-order valence-corrected chi connectivity index (χ2v) is 3.44. The third-order valence-electron chi connectivity index (χ3n) is 2.48. The highest BCUT2D eigenvalue weighted by Gasteiger charge is 2.34. The first kappa shape index (κ1) is 11.5. The largest absolute Gasteiger partial charge is 0.377 e. The Hall–Kier alpha value is -2.03. The molecule has 0 aromatic carbocycles. The molecule has 0 radical (unpaired) electrons. The molecule has 9 nitrogen and oxygen atoms in total. The van der Waals surface area contributed by atoms with E-state index in [9.17, 15) is 9.59 Å². The zero-order chi connectivity index (χ0) is 12.3. The van der Waals surface area contributed by atoms with Gasteiger partial charge in [-0.1, -0.05) is 0 Å². The number of aromatic amines is 1. The molecule has 17 heavy (non-hydrogen) atoms. The van der Waals surface area contributed by atoms with Crippen LogP contribution in [0.3, 0.4) is 0 Å². The molecule has 0 spiro atoms. The van der Waals surface area contributed by atoms with Crippen molar-refractivity contribution >= 4 is 11.8 Å². The maximum absolute atomic E-state index is 12.0. The van der Waals surface area contributed by atoms with Gasteiger partial charge in [-0.2, -0.15) is 5.21 Å². The Labute approximate surface area is 96.5 Å². The number of hydrogen-bond donors (Lipinski definition) is 2. The first-order valence-corrected chi connectivity index (χ1v) is 5.07. The van der Waals surface area contributed by atoms with E-state index in [1.54, 1.807) is 0 Å². The Bertz CT molecular complexity index is 405. The summed E-state index contributed by atoms with van der Waals surface area (Å²) in [5, 5.41) is 15.2. The molecule has 1 aliphatic rings. The SMILES string of the molecule is CNC(=O)C1COCCN1C(=O)c1nn[nH]n1. The van der Waals surface area contributed by atoms with E-state index in [0.717, 1.165) is 0 Å². The molecule has 0 aliphatic carbocycles. The maximum atomic E-state index is 12.0. The van der Waals surface area contributed by atoms with Crippen molar-refractivity contribution in [3.05, 3.63) is 5.82 Å². The Balaban J connectivity index is 2.16. The molecule has 0 bridgehead atoms. The van der Waals surface area contributed by atoms with Gasteiger partial charge in [0.25, 0.3) is 11.7 Å². The average Bonchev–Trinajstić information content (AvgIpc) is 2.91. The zero-order valence-corrected chi connectivity index (χ0v) is 9.21. The van der Waals surface area contributed by atoms with Crippen molar-refractivity contribution < 1.29 is 14.3 Å². The molecule has 1 atom stereocenters. The Kier molecular flexibility index (Phi) is 3.28. The molecule has 2 N–H and O–H groups in total. The standard InChI is InChI=1S/C8H12N6O3/c1-9-7(15)5-4-17-3-2-14(5)8(16)6-10-12-13-11-6/h5H,2-4H2,1H3,(H,9,15)(H,10,11,12,13). The fourth-order valence-corrected chi connectivity index (χ4v) is 1.61. The lowest BCUT2D eigenvalue weighted by molar-refractivity contribution is -0.130. The number of aromatic nitrogens is 4. The van der Waals surface area contributed by atoms with Gasteiger partial charge in [-0.25, -0.2) is 0 Å². The molecule has 2 heterocycles. The number of hydrogen-bond acceptors (Lipinski definition) is 6. The van der Waals surface area contributed by atoms with Crippen LogP contribution in [0.25, 0.3) is 0 Å². The molecule has 2 rings (SSSR count). The molecule has 2 amide bonds.